The third-order valence-corrected chi connectivity index (χ3v) is 3.38. The lowest BCUT2D eigenvalue weighted by Gasteiger charge is -2.42. The minimum atomic E-state index is -8.63. The Labute approximate surface area is 156 Å². The van der Waals surface area contributed by atoms with Crippen LogP contribution in [0.3, 0.4) is 0 Å². The van der Waals surface area contributed by atoms with Gasteiger partial charge in [0, 0.05) is 5.33 Å². The highest BCUT2D eigenvalue weighted by molar-refractivity contribution is 9.09. The Balaban J connectivity index is 6.57. The predicted octanol–water partition coefficient (Wildman–Crippen LogP) is 6.36. The summed E-state index contributed by atoms with van der Waals surface area (Å²) < 4.78 is 220. The fourth-order valence-corrected chi connectivity index (χ4v) is 1.57. The average molecular weight is 543 g/mol. The molecule has 0 atom stereocenters. The lowest BCUT2D eigenvalue weighted by Crippen LogP contribution is -2.74. The fraction of sp³-hybridized carbons (Fsp3) is 1.00. The van der Waals surface area contributed by atoms with Crippen LogP contribution in [0.15, 0.2) is 0 Å². The quantitative estimate of drug-likeness (QED) is 0.243. The van der Waals surface area contributed by atoms with Gasteiger partial charge in [0.2, 0.25) is 0 Å². The van der Waals surface area contributed by atoms with Gasteiger partial charge in [-0.15, -0.1) is 0 Å². The van der Waals surface area contributed by atoms with Gasteiger partial charge in [-0.25, -0.2) is 0 Å². The van der Waals surface area contributed by atoms with Crippen LogP contribution in [0.2, 0.25) is 0 Å². The van der Waals surface area contributed by atoms with E-state index in [2.05, 4.69) is 20.7 Å². The van der Waals surface area contributed by atoms with Crippen molar-refractivity contribution in [2.24, 2.45) is 0 Å². The van der Waals surface area contributed by atoms with Gasteiger partial charge < -0.3 is 4.74 Å². The lowest BCUT2D eigenvalue weighted by atomic mass is 9.90. The minimum Gasteiger partial charge on any atom is -0.315 e. The summed E-state index contributed by atoms with van der Waals surface area (Å²) in [5.74, 6) is -50.0. The molecule has 0 rings (SSSR count). The third-order valence-electron chi connectivity index (χ3n) is 3.05. The second kappa shape index (κ2) is 7.44. The van der Waals surface area contributed by atoms with Gasteiger partial charge in [0.05, 0.1) is 6.61 Å². The normalized spacial score (nSPS) is 16.3. The van der Waals surface area contributed by atoms with E-state index in [4.69, 9.17) is 0 Å². The number of rotatable bonds is 9. The summed E-state index contributed by atoms with van der Waals surface area (Å²) in [5, 5.41) is -0.868. The van der Waals surface area contributed by atoms with E-state index in [-0.39, 0.29) is 0 Å². The molecule has 19 heteroatoms. The van der Waals surface area contributed by atoms with Gasteiger partial charge in [-0.3, -0.25) is 0 Å². The van der Waals surface area contributed by atoms with Crippen LogP contribution >= 0.6 is 15.9 Å². The van der Waals surface area contributed by atoms with Crippen molar-refractivity contribution in [3.05, 3.63) is 0 Å². The summed E-state index contributed by atoms with van der Waals surface area (Å²) in [5.41, 5.74) is 0. The van der Waals surface area contributed by atoms with Crippen molar-refractivity contribution in [3.8, 4) is 0 Å². The molecule has 0 fully saturated rings. The summed E-state index contributed by atoms with van der Waals surface area (Å²) in [4.78, 5) is 0. The molecule has 0 aliphatic rings. The van der Waals surface area contributed by atoms with Gasteiger partial charge in [-0.2, -0.15) is 74.6 Å². The molecule has 0 amide bonds. The number of halogens is 18. The molecule has 29 heavy (non-hydrogen) atoms. The second-order valence-electron chi connectivity index (χ2n) is 5.00. The van der Waals surface area contributed by atoms with Crippen LogP contribution in [-0.2, 0) is 4.74 Å². The molecule has 0 spiro atoms. The molecule has 0 heterocycles. The van der Waals surface area contributed by atoms with Crippen molar-refractivity contribution in [2.45, 2.75) is 47.8 Å². The molecule has 0 radical (unpaired) electrons. The van der Waals surface area contributed by atoms with Gasteiger partial charge in [0.1, 0.15) is 0 Å². The van der Waals surface area contributed by atoms with E-state index in [1.54, 1.807) is 0 Å². The molecule has 176 valence electrons. The summed E-state index contributed by atoms with van der Waals surface area (Å²) >= 11 is 2.21. The SMILES string of the molecule is FC(F)(F)C(F)(F)C(F)(F)C(F)(F)C(F)(F)C(F)(F)C(F)(F)C(F)(F)OCCBr. The number of hydrogen-bond donors (Lipinski definition) is 0. The van der Waals surface area contributed by atoms with Crippen molar-refractivity contribution in [1.29, 1.82) is 0 Å². The molecule has 1 nitrogen and oxygen atoms in total. The monoisotopic (exact) mass is 542 g/mol. The first kappa shape index (κ1) is 28.2. The first-order valence-electron chi connectivity index (χ1n) is 6.22. The van der Waals surface area contributed by atoms with E-state index >= 15 is 0 Å². The molecular weight excluding hydrogens is 539 g/mol. The van der Waals surface area contributed by atoms with Crippen LogP contribution in [0, 0.1) is 0 Å². The second-order valence-corrected chi connectivity index (χ2v) is 5.79. The Bertz CT molecular complexity index is 579. The van der Waals surface area contributed by atoms with Crippen molar-refractivity contribution < 1.29 is 79.4 Å². The molecule has 0 N–H and O–H groups in total. The first-order valence-corrected chi connectivity index (χ1v) is 7.34. The topological polar surface area (TPSA) is 9.23 Å². The van der Waals surface area contributed by atoms with Crippen LogP contribution in [0.25, 0.3) is 0 Å². The van der Waals surface area contributed by atoms with E-state index in [1.807, 2.05) is 0 Å². The highest BCUT2D eigenvalue weighted by atomic mass is 79.9. The van der Waals surface area contributed by atoms with Crippen LogP contribution in [0.4, 0.5) is 74.6 Å². The number of ether oxygens (including phenoxy) is 1. The van der Waals surface area contributed by atoms with E-state index in [1.165, 1.54) is 0 Å². The zero-order valence-electron chi connectivity index (χ0n) is 12.6. The molecule has 0 aromatic rings. The summed E-state index contributed by atoms with van der Waals surface area (Å²) in [7, 11) is 0. The highest BCUT2D eigenvalue weighted by Gasteiger charge is 2.95. The van der Waals surface area contributed by atoms with Gasteiger partial charge in [0.15, 0.2) is 0 Å². The molecule has 0 aromatic heterocycles. The number of hydrogen-bond acceptors (Lipinski definition) is 1. The largest absolute Gasteiger partial charge is 0.460 e. The highest BCUT2D eigenvalue weighted by Crippen LogP contribution is 2.63. The Morgan fingerprint density at radius 2 is 0.724 bits per heavy atom. The molecule has 0 unspecified atom stereocenters. The first-order chi connectivity index (χ1) is 12.3. The van der Waals surface area contributed by atoms with Crippen LogP contribution < -0.4 is 0 Å². The van der Waals surface area contributed by atoms with Gasteiger partial charge in [-0.05, 0) is 0 Å². The molecule has 0 aliphatic carbocycles. The molecule has 0 aliphatic heterocycles. The van der Waals surface area contributed by atoms with Crippen molar-refractivity contribution in [1.82, 2.24) is 0 Å². The van der Waals surface area contributed by atoms with Gasteiger partial charge >= 0.3 is 47.8 Å². The standard InChI is InChI=1S/C10H4BrF17O/c11-1-2-29-10(27,28)8(22,23)6(18,19)4(14,15)3(12,13)5(16,17)7(20,21)9(24,25)26/h1-2H2. The minimum absolute atomic E-state index is 0.868. The molecule has 0 aromatic carbocycles. The lowest BCUT2D eigenvalue weighted by molar-refractivity contribution is -0.477. The van der Waals surface area contributed by atoms with Crippen molar-refractivity contribution in [3.63, 3.8) is 0 Å². The van der Waals surface area contributed by atoms with E-state index in [0.717, 1.165) is 0 Å². The summed E-state index contributed by atoms with van der Waals surface area (Å²) in [6.07, 6.45) is -14.6. The average Bonchev–Trinajstić information content (AvgIpc) is 2.50. The Hall–Kier alpha value is -0.750. The zero-order valence-corrected chi connectivity index (χ0v) is 14.2. The smallest absolute Gasteiger partial charge is 0.315 e. The molecule has 0 bridgehead atoms. The third kappa shape index (κ3) is 3.84. The summed E-state index contributed by atoms with van der Waals surface area (Å²) in [6.45, 7) is -1.68. The van der Waals surface area contributed by atoms with E-state index in [9.17, 15) is 74.6 Å². The zero-order chi connectivity index (χ0) is 24.1. The van der Waals surface area contributed by atoms with E-state index in [0.29, 0.717) is 0 Å². The van der Waals surface area contributed by atoms with Crippen molar-refractivity contribution in [2.75, 3.05) is 11.9 Å². The molecular formula is C10H4BrF17O. The predicted molar refractivity (Wildman–Crippen MR) is 60.4 cm³/mol. The Morgan fingerprint density at radius 3 is 1.00 bits per heavy atom. The van der Waals surface area contributed by atoms with Crippen LogP contribution in [0.1, 0.15) is 0 Å². The Kier molecular flexibility index (Phi) is 7.24. The van der Waals surface area contributed by atoms with E-state index < -0.39 is 59.8 Å². The Morgan fingerprint density at radius 1 is 0.448 bits per heavy atom. The summed E-state index contributed by atoms with van der Waals surface area (Å²) in [6, 6.07) is 0. The number of alkyl halides is 18. The van der Waals surface area contributed by atoms with Crippen molar-refractivity contribution >= 4 is 15.9 Å². The van der Waals surface area contributed by atoms with Crippen LogP contribution in [-0.4, -0.2) is 59.8 Å². The maximum atomic E-state index is 13.2. The van der Waals surface area contributed by atoms with Gasteiger partial charge in [0.25, 0.3) is 0 Å². The molecule has 0 saturated heterocycles. The van der Waals surface area contributed by atoms with Gasteiger partial charge in [-0.1, -0.05) is 15.9 Å². The fourth-order valence-electron chi connectivity index (χ4n) is 1.41. The maximum Gasteiger partial charge on any atom is 0.460 e. The maximum absolute atomic E-state index is 13.2. The molecule has 0 saturated carbocycles. The van der Waals surface area contributed by atoms with Crippen LogP contribution in [0.5, 0.6) is 0 Å².